The maximum absolute atomic E-state index is 13.1. The minimum absolute atomic E-state index is 0.0292. The molecule has 2 amide bonds. The van der Waals surface area contributed by atoms with Gasteiger partial charge in [0.05, 0.1) is 6.04 Å². The summed E-state index contributed by atoms with van der Waals surface area (Å²) in [6, 6.07) is 10.9. The SMILES string of the molecule is CC(C)c1ccnc(NC(=O)c2ccc(-c3nc([C@@H]4CCCN4C(=O)/C=C/CN(C)C)n4ccnc(N)c34)cc2)c1. The molecule has 1 atom stereocenters. The number of anilines is 2. The first kappa shape index (κ1) is 28.0. The average molecular weight is 553 g/mol. The van der Waals surface area contributed by atoms with Crippen LogP contribution in [0.5, 0.6) is 0 Å². The summed E-state index contributed by atoms with van der Waals surface area (Å²) in [4.78, 5) is 43.5. The van der Waals surface area contributed by atoms with E-state index in [-0.39, 0.29) is 17.9 Å². The quantitative estimate of drug-likeness (QED) is 0.308. The lowest BCUT2D eigenvalue weighted by Gasteiger charge is -2.22. The molecule has 3 aromatic heterocycles. The summed E-state index contributed by atoms with van der Waals surface area (Å²) in [5.41, 5.74) is 10.1. The topological polar surface area (TPSA) is 122 Å². The number of likely N-dealkylation sites (N-methyl/N-ethyl adjacent to an activating group) is 1. The normalized spacial score (nSPS) is 15.5. The Hall–Kier alpha value is -4.57. The van der Waals surface area contributed by atoms with Gasteiger partial charge in [0.15, 0.2) is 0 Å². The predicted molar refractivity (Wildman–Crippen MR) is 160 cm³/mol. The summed E-state index contributed by atoms with van der Waals surface area (Å²) in [7, 11) is 3.93. The van der Waals surface area contributed by atoms with Crippen LogP contribution in [0.3, 0.4) is 0 Å². The molecule has 4 heterocycles. The Morgan fingerprint density at radius 3 is 2.66 bits per heavy atom. The van der Waals surface area contributed by atoms with E-state index in [0.29, 0.717) is 47.4 Å². The van der Waals surface area contributed by atoms with Crippen molar-refractivity contribution in [2.75, 3.05) is 38.2 Å². The van der Waals surface area contributed by atoms with Gasteiger partial charge in [-0.3, -0.25) is 14.0 Å². The molecule has 1 aliphatic rings. The molecule has 0 bridgehead atoms. The van der Waals surface area contributed by atoms with E-state index in [1.165, 1.54) is 0 Å². The first-order chi connectivity index (χ1) is 19.7. The number of amides is 2. The third-order valence-corrected chi connectivity index (χ3v) is 7.29. The summed E-state index contributed by atoms with van der Waals surface area (Å²) >= 11 is 0. The van der Waals surface area contributed by atoms with E-state index < -0.39 is 0 Å². The van der Waals surface area contributed by atoms with E-state index in [1.807, 2.05) is 64.8 Å². The first-order valence-corrected chi connectivity index (χ1v) is 13.8. The molecule has 3 N–H and O–H groups in total. The van der Waals surface area contributed by atoms with Crippen LogP contribution in [-0.2, 0) is 4.79 Å². The second-order valence-corrected chi connectivity index (χ2v) is 10.9. The minimum atomic E-state index is -0.246. The maximum atomic E-state index is 13.1. The summed E-state index contributed by atoms with van der Waals surface area (Å²) < 4.78 is 1.94. The Labute approximate surface area is 239 Å². The van der Waals surface area contributed by atoms with Crippen LogP contribution in [0, 0.1) is 0 Å². The van der Waals surface area contributed by atoms with Gasteiger partial charge in [-0.05, 0) is 62.7 Å². The monoisotopic (exact) mass is 552 g/mol. The lowest BCUT2D eigenvalue weighted by Crippen LogP contribution is -2.30. The molecule has 5 rings (SSSR count). The zero-order chi connectivity index (χ0) is 29.1. The summed E-state index contributed by atoms with van der Waals surface area (Å²) in [6.45, 7) is 5.55. The van der Waals surface area contributed by atoms with E-state index in [9.17, 15) is 9.59 Å². The average Bonchev–Trinajstić information content (AvgIpc) is 3.59. The highest BCUT2D eigenvalue weighted by atomic mass is 16.2. The Kier molecular flexibility index (Phi) is 8.11. The van der Waals surface area contributed by atoms with E-state index in [2.05, 4.69) is 29.1 Å². The smallest absolute Gasteiger partial charge is 0.256 e. The van der Waals surface area contributed by atoms with Gasteiger partial charge in [0.25, 0.3) is 5.91 Å². The van der Waals surface area contributed by atoms with Crippen molar-refractivity contribution in [3.63, 3.8) is 0 Å². The number of rotatable bonds is 8. The molecule has 4 aromatic rings. The molecule has 212 valence electrons. The highest BCUT2D eigenvalue weighted by molar-refractivity contribution is 6.04. The zero-order valence-corrected chi connectivity index (χ0v) is 23.9. The lowest BCUT2D eigenvalue weighted by atomic mass is 10.1. The lowest BCUT2D eigenvalue weighted by molar-refractivity contribution is -0.127. The standard InChI is InChI=1S/C31H36N8O2/c1-20(2)23-13-14-33-25(19-23)35-31(41)22-11-9-21(10-12-22)27-28-29(32)34-15-18-39(28)30(36-27)24-7-5-17-38(24)26(40)8-6-16-37(3)4/h6,8-15,18-20,24H,5,7,16-17H2,1-4H3,(H2,32,34)(H,33,35,41)/b8-6+/t24-/m0/s1. The fourth-order valence-corrected chi connectivity index (χ4v) is 5.12. The molecule has 1 saturated heterocycles. The molecule has 0 aliphatic carbocycles. The van der Waals surface area contributed by atoms with Crippen LogP contribution >= 0.6 is 0 Å². The Balaban J connectivity index is 1.43. The van der Waals surface area contributed by atoms with Gasteiger partial charge in [0, 0.05) is 48.9 Å². The van der Waals surface area contributed by atoms with E-state index in [1.54, 1.807) is 30.6 Å². The highest BCUT2D eigenvalue weighted by Gasteiger charge is 2.33. The van der Waals surface area contributed by atoms with Crippen LogP contribution in [0.25, 0.3) is 16.8 Å². The number of nitrogens with one attached hydrogen (secondary N) is 1. The summed E-state index contributed by atoms with van der Waals surface area (Å²) in [5.74, 6) is 1.66. The Morgan fingerprint density at radius 1 is 1.15 bits per heavy atom. The van der Waals surface area contributed by atoms with E-state index >= 15 is 0 Å². The van der Waals surface area contributed by atoms with Crippen molar-refractivity contribution >= 4 is 29.0 Å². The second kappa shape index (κ2) is 11.9. The molecule has 0 saturated carbocycles. The number of benzene rings is 1. The van der Waals surface area contributed by atoms with Gasteiger partial charge in [0.1, 0.15) is 28.7 Å². The molecule has 1 aliphatic heterocycles. The number of likely N-dealkylation sites (tertiary alicyclic amines) is 1. The first-order valence-electron chi connectivity index (χ1n) is 13.8. The molecule has 41 heavy (non-hydrogen) atoms. The van der Waals surface area contributed by atoms with Gasteiger partial charge in [-0.2, -0.15) is 0 Å². The number of aromatic nitrogens is 4. The van der Waals surface area contributed by atoms with Gasteiger partial charge in [0.2, 0.25) is 5.91 Å². The summed E-state index contributed by atoms with van der Waals surface area (Å²) in [6.07, 6.45) is 10.4. The van der Waals surface area contributed by atoms with Crippen molar-refractivity contribution in [1.82, 2.24) is 29.2 Å². The van der Waals surface area contributed by atoms with Crippen molar-refractivity contribution < 1.29 is 9.59 Å². The largest absolute Gasteiger partial charge is 0.382 e. The highest BCUT2D eigenvalue weighted by Crippen LogP contribution is 2.36. The van der Waals surface area contributed by atoms with Gasteiger partial charge in [-0.1, -0.05) is 32.1 Å². The zero-order valence-electron chi connectivity index (χ0n) is 23.9. The molecule has 0 radical (unpaired) electrons. The van der Waals surface area contributed by atoms with Gasteiger partial charge >= 0.3 is 0 Å². The molecular weight excluding hydrogens is 516 g/mol. The number of carbonyl (C=O) groups excluding carboxylic acids is 2. The van der Waals surface area contributed by atoms with Gasteiger partial charge in [-0.25, -0.2) is 15.0 Å². The van der Waals surface area contributed by atoms with E-state index in [0.717, 1.165) is 29.8 Å². The third kappa shape index (κ3) is 5.97. The molecule has 1 fully saturated rings. The number of hydrogen-bond donors (Lipinski definition) is 2. The van der Waals surface area contributed by atoms with Crippen molar-refractivity contribution in [2.24, 2.45) is 0 Å². The number of fused-ring (bicyclic) bond motifs is 1. The molecule has 1 aromatic carbocycles. The van der Waals surface area contributed by atoms with Crippen LogP contribution in [0.15, 0.2) is 67.1 Å². The van der Waals surface area contributed by atoms with E-state index in [4.69, 9.17) is 10.7 Å². The molecule has 0 spiro atoms. The number of hydrogen-bond acceptors (Lipinski definition) is 7. The summed E-state index contributed by atoms with van der Waals surface area (Å²) in [5, 5.41) is 2.88. The van der Waals surface area contributed by atoms with Crippen LogP contribution in [0.1, 0.15) is 60.4 Å². The third-order valence-electron chi connectivity index (χ3n) is 7.29. The van der Waals surface area contributed by atoms with Crippen molar-refractivity contribution in [1.29, 1.82) is 0 Å². The number of pyridine rings is 1. The van der Waals surface area contributed by atoms with Gasteiger partial charge < -0.3 is 20.9 Å². The maximum Gasteiger partial charge on any atom is 0.256 e. The number of carbonyl (C=O) groups is 2. The molecular formula is C31H36N8O2. The van der Waals surface area contributed by atoms with Crippen LogP contribution in [-0.4, -0.2) is 68.2 Å². The van der Waals surface area contributed by atoms with Crippen molar-refractivity contribution in [2.45, 2.75) is 38.6 Å². The van der Waals surface area contributed by atoms with Gasteiger partial charge in [-0.15, -0.1) is 0 Å². The van der Waals surface area contributed by atoms with Crippen LogP contribution in [0.2, 0.25) is 0 Å². The molecule has 10 heteroatoms. The van der Waals surface area contributed by atoms with Crippen molar-refractivity contribution in [3.05, 3.63) is 84.1 Å². The van der Waals surface area contributed by atoms with Crippen LogP contribution < -0.4 is 11.1 Å². The number of nitrogens with zero attached hydrogens (tertiary/aromatic N) is 6. The fraction of sp³-hybridized carbons (Fsp3) is 0.323. The number of imidazole rings is 1. The Bertz CT molecular complexity index is 1590. The Morgan fingerprint density at radius 2 is 1.93 bits per heavy atom. The number of nitrogens with two attached hydrogens (primary N) is 1. The van der Waals surface area contributed by atoms with Crippen molar-refractivity contribution in [3.8, 4) is 11.3 Å². The second-order valence-electron chi connectivity index (χ2n) is 10.9. The van der Waals surface area contributed by atoms with Crippen LogP contribution in [0.4, 0.5) is 11.6 Å². The predicted octanol–water partition coefficient (Wildman–Crippen LogP) is 4.53. The minimum Gasteiger partial charge on any atom is -0.382 e. The fourth-order valence-electron chi connectivity index (χ4n) is 5.12. The molecule has 10 nitrogen and oxygen atoms in total. The number of nitrogen functional groups attached to an aromatic ring is 1. The molecule has 0 unspecified atom stereocenters.